The Kier molecular flexibility index (Phi) is 5.18. The second-order valence-corrected chi connectivity index (χ2v) is 7.88. The molecule has 29 heavy (non-hydrogen) atoms. The maximum Gasteiger partial charge on any atom is 0.240 e. The Morgan fingerprint density at radius 2 is 1.55 bits per heavy atom. The molecule has 2 amide bonds. The molecule has 2 aromatic carbocycles. The average Bonchev–Trinajstić information content (AvgIpc) is 3.57. The van der Waals surface area contributed by atoms with Gasteiger partial charge in [-0.3, -0.25) is 9.59 Å². The fourth-order valence-corrected chi connectivity index (χ4v) is 3.81. The molecule has 6 heteroatoms. The largest absolute Gasteiger partial charge is 0.497 e. The van der Waals surface area contributed by atoms with Crippen LogP contribution in [-0.4, -0.2) is 50.0 Å². The highest BCUT2D eigenvalue weighted by Gasteiger charge is 2.58. The lowest BCUT2D eigenvalue weighted by Crippen LogP contribution is -2.52. The zero-order valence-electron chi connectivity index (χ0n) is 17.0. The lowest BCUT2D eigenvalue weighted by Gasteiger charge is -2.37. The summed E-state index contributed by atoms with van der Waals surface area (Å²) in [5, 5.41) is 2.93. The average molecular weight is 393 g/mol. The molecule has 1 saturated heterocycles. The van der Waals surface area contributed by atoms with Crippen molar-refractivity contribution in [3.05, 3.63) is 54.1 Å². The first kappa shape index (κ1) is 19.3. The van der Waals surface area contributed by atoms with Gasteiger partial charge in [-0.1, -0.05) is 17.7 Å². The molecule has 1 heterocycles. The van der Waals surface area contributed by atoms with Crippen LogP contribution in [0.25, 0.3) is 0 Å². The highest BCUT2D eigenvalue weighted by molar-refractivity contribution is 6.13. The number of hydrogen-bond donors (Lipinski definition) is 1. The van der Waals surface area contributed by atoms with Gasteiger partial charge in [-0.05, 0) is 56.2 Å². The molecular weight excluding hydrogens is 366 g/mol. The lowest BCUT2D eigenvalue weighted by molar-refractivity contribution is -0.142. The quantitative estimate of drug-likeness (QED) is 0.793. The first-order valence-electron chi connectivity index (χ1n) is 10.1. The summed E-state index contributed by atoms with van der Waals surface area (Å²) in [6, 6.07) is 15.6. The molecule has 0 atom stereocenters. The van der Waals surface area contributed by atoms with Crippen LogP contribution in [0.3, 0.4) is 0 Å². The van der Waals surface area contributed by atoms with Gasteiger partial charge in [0.1, 0.15) is 11.2 Å². The van der Waals surface area contributed by atoms with Crippen LogP contribution in [0.2, 0.25) is 0 Å². The van der Waals surface area contributed by atoms with E-state index in [2.05, 4.69) is 10.2 Å². The standard InChI is InChI=1S/C23H27N3O3/c1-17-3-5-18(6-4-17)24-21(27)23(11-12-23)22(28)26-15-13-25(14-16-26)19-7-9-20(29-2)10-8-19/h3-10H,11-16H2,1-2H3,(H,24,27). The van der Waals surface area contributed by atoms with E-state index in [-0.39, 0.29) is 11.8 Å². The summed E-state index contributed by atoms with van der Waals surface area (Å²) in [7, 11) is 1.65. The van der Waals surface area contributed by atoms with Gasteiger partial charge in [0.25, 0.3) is 0 Å². The summed E-state index contributed by atoms with van der Waals surface area (Å²) in [5.41, 5.74) is 2.11. The van der Waals surface area contributed by atoms with E-state index in [1.54, 1.807) is 7.11 Å². The van der Waals surface area contributed by atoms with E-state index in [0.29, 0.717) is 25.9 Å². The van der Waals surface area contributed by atoms with Crippen molar-refractivity contribution in [1.29, 1.82) is 0 Å². The number of nitrogens with one attached hydrogen (secondary N) is 1. The van der Waals surface area contributed by atoms with Crippen molar-refractivity contribution in [1.82, 2.24) is 4.90 Å². The van der Waals surface area contributed by atoms with E-state index in [0.717, 1.165) is 35.8 Å². The maximum atomic E-state index is 13.1. The predicted molar refractivity (Wildman–Crippen MR) is 113 cm³/mol. The first-order chi connectivity index (χ1) is 14.0. The van der Waals surface area contributed by atoms with Gasteiger partial charge >= 0.3 is 0 Å². The molecule has 2 fully saturated rings. The van der Waals surface area contributed by atoms with E-state index in [1.165, 1.54) is 0 Å². The normalized spacial score (nSPS) is 17.6. The predicted octanol–water partition coefficient (Wildman–Crippen LogP) is 3.07. The van der Waals surface area contributed by atoms with Crippen molar-refractivity contribution in [2.75, 3.05) is 43.5 Å². The van der Waals surface area contributed by atoms with E-state index in [4.69, 9.17) is 4.74 Å². The Balaban J connectivity index is 1.36. The molecule has 1 N–H and O–H groups in total. The SMILES string of the molecule is COc1ccc(N2CCN(C(=O)C3(C(=O)Nc4ccc(C)cc4)CC3)CC2)cc1. The van der Waals surface area contributed by atoms with E-state index in [1.807, 2.05) is 60.4 Å². The number of ether oxygens (including phenoxy) is 1. The van der Waals surface area contributed by atoms with Gasteiger partial charge in [0.2, 0.25) is 11.8 Å². The van der Waals surface area contributed by atoms with Crippen LogP contribution in [-0.2, 0) is 9.59 Å². The second kappa shape index (κ2) is 7.78. The van der Waals surface area contributed by atoms with Crippen molar-refractivity contribution in [3.8, 4) is 5.75 Å². The Labute approximate surface area is 171 Å². The minimum absolute atomic E-state index is 0.0310. The summed E-state index contributed by atoms with van der Waals surface area (Å²) >= 11 is 0. The molecule has 152 valence electrons. The van der Waals surface area contributed by atoms with Crippen LogP contribution in [0.15, 0.2) is 48.5 Å². The van der Waals surface area contributed by atoms with E-state index in [9.17, 15) is 9.59 Å². The smallest absolute Gasteiger partial charge is 0.240 e. The van der Waals surface area contributed by atoms with Crippen molar-refractivity contribution in [3.63, 3.8) is 0 Å². The third-order valence-electron chi connectivity index (χ3n) is 5.91. The zero-order chi connectivity index (χ0) is 20.4. The van der Waals surface area contributed by atoms with Crippen LogP contribution < -0.4 is 15.0 Å². The molecule has 4 rings (SSSR count). The van der Waals surface area contributed by atoms with Gasteiger partial charge in [0.05, 0.1) is 7.11 Å². The molecular formula is C23H27N3O3. The number of anilines is 2. The number of amides is 2. The minimum Gasteiger partial charge on any atom is -0.497 e. The minimum atomic E-state index is -0.882. The van der Waals surface area contributed by atoms with Crippen LogP contribution in [0, 0.1) is 12.3 Å². The van der Waals surface area contributed by atoms with Crippen LogP contribution in [0.1, 0.15) is 18.4 Å². The van der Waals surface area contributed by atoms with Crippen molar-refractivity contribution < 1.29 is 14.3 Å². The molecule has 1 saturated carbocycles. The number of nitrogens with zero attached hydrogens (tertiary/aromatic N) is 2. The third-order valence-corrected chi connectivity index (χ3v) is 5.91. The summed E-state index contributed by atoms with van der Waals surface area (Å²) < 4.78 is 5.21. The Bertz CT molecular complexity index is 881. The maximum absolute atomic E-state index is 13.1. The number of piperazine rings is 1. The highest BCUT2D eigenvalue weighted by Crippen LogP contribution is 2.48. The molecule has 1 aliphatic carbocycles. The van der Waals surface area contributed by atoms with E-state index < -0.39 is 5.41 Å². The monoisotopic (exact) mass is 393 g/mol. The highest BCUT2D eigenvalue weighted by atomic mass is 16.5. The fourth-order valence-electron chi connectivity index (χ4n) is 3.81. The number of aryl methyl sites for hydroxylation is 1. The molecule has 0 unspecified atom stereocenters. The Hall–Kier alpha value is -3.02. The van der Waals surface area contributed by atoms with Crippen LogP contribution in [0.4, 0.5) is 11.4 Å². The summed E-state index contributed by atoms with van der Waals surface area (Å²) in [6.07, 6.45) is 1.25. The molecule has 0 radical (unpaired) electrons. The Morgan fingerprint density at radius 1 is 0.931 bits per heavy atom. The van der Waals surface area contributed by atoms with Gasteiger partial charge in [-0.2, -0.15) is 0 Å². The van der Waals surface area contributed by atoms with Gasteiger partial charge in [0, 0.05) is 37.6 Å². The number of rotatable bonds is 5. The van der Waals surface area contributed by atoms with Gasteiger partial charge in [0.15, 0.2) is 0 Å². The van der Waals surface area contributed by atoms with Crippen molar-refractivity contribution >= 4 is 23.2 Å². The van der Waals surface area contributed by atoms with Crippen molar-refractivity contribution in [2.24, 2.45) is 5.41 Å². The Morgan fingerprint density at radius 3 is 2.10 bits per heavy atom. The molecule has 6 nitrogen and oxygen atoms in total. The summed E-state index contributed by atoms with van der Waals surface area (Å²) in [4.78, 5) is 30.1. The fraction of sp³-hybridized carbons (Fsp3) is 0.391. The van der Waals surface area contributed by atoms with Crippen LogP contribution >= 0.6 is 0 Å². The molecule has 0 bridgehead atoms. The van der Waals surface area contributed by atoms with Gasteiger partial charge in [-0.15, -0.1) is 0 Å². The van der Waals surface area contributed by atoms with E-state index >= 15 is 0 Å². The number of methoxy groups -OCH3 is 1. The zero-order valence-corrected chi connectivity index (χ0v) is 17.0. The molecule has 2 aliphatic rings. The van der Waals surface area contributed by atoms with Crippen molar-refractivity contribution in [2.45, 2.75) is 19.8 Å². The second-order valence-electron chi connectivity index (χ2n) is 7.88. The molecule has 1 aliphatic heterocycles. The first-order valence-corrected chi connectivity index (χ1v) is 10.1. The third kappa shape index (κ3) is 3.92. The van der Waals surface area contributed by atoms with Gasteiger partial charge in [-0.25, -0.2) is 0 Å². The number of carbonyl (C=O) groups excluding carboxylic acids is 2. The number of carbonyl (C=O) groups is 2. The lowest BCUT2D eigenvalue weighted by atomic mass is 10.0. The number of hydrogen-bond acceptors (Lipinski definition) is 4. The summed E-state index contributed by atoms with van der Waals surface area (Å²) in [6.45, 7) is 4.78. The molecule has 0 spiro atoms. The van der Waals surface area contributed by atoms with Crippen LogP contribution in [0.5, 0.6) is 5.75 Å². The number of benzene rings is 2. The van der Waals surface area contributed by atoms with Gasteiger partial charge < -0.3 is 19.9 Å². The molecule has 0 aromatic heterocycles. The summed E-state index contributed by atoms with van der Waals surface area (Å²) in [5.74, 6) is 0.623. The topological polar surface area (TPSA) is 61.9 Å². The molecule has 2 aromatic rings.